The van der Waals surface area contributed by atoms with E-state index >= 15 is 0 Å². The van der Waals surface area contributed by atoms with Gasteiger partial charge in [0.1, 0.15) is 5.82 Å². The average Bonchev–Trinajstić information content (AvgIpc) is 2.93. The van der Waals surface area contributed by atoms with Gasteiger partial charge in [0.15, 0.2) is 0 Å². The van der Waals surface area contributed by atoms with Gasteiger partial charge in [0.25, 0.3) is 0 Å². The summed E-state index contributed by atoms with van der Waals surface area (Å²) in [4.78, 5) is 21.4. The Morgan fingerprint density at radius 1 is 1.22 bits per heavy atom. The van der Waals surface area contributed by atoms with Crippen molar-refractivity contribution in [3.8, 4) is 0 Å². The summed E-state index contributed by atoms with van der Waals surface area (Å²) in [6.07, 6.45) is 1.80. The van der Waals surface area contributed by atoms with E-state index in [2.05, 4.69) is 20.1 Å². The maximum atomic E-state index is 12.8. The maximum absolute atomic E-state index is 12.8. The Bertz CT molecular complexity index is 654. The normalized spacial score (nSPS) is 16.5. The molecule has 3 rings (SSSR count). The van der Waals surface area contributed by atoms with Gasteiger partial charge < -0.3 is 9.80 Å². The molecule has 0 saturated carbocycles. The van der Waals surface area contributed by atoms with Crippen molar-refractivity contribution < 1.29 is 4.79 Å². The topological polar surface area (TPSA) is 65.1 Å². The molecule has 1 amide bonds. The molecular formula is C17H23N5O. The number of pyridine rings is 1. The lowest BCUT2D eigenvalue weighted by atomic mass is 9.97. The monoisotopic (exact) mass is 313 g/mol. The molecule has 1 saturated heterocycles. The van der Waals surface area contributed by atoms with Gasteiger partial charge in [0.2, 0.25) is 5.91 Å². The van der Waals surface area contributed by atoms with Crippen molar-refractivity contribution in [3.63, 3.8) is 0 Å². The molecule has 6 nitrogen and oxygen atoms in total. The highest BCUT2D eigenvalue weighted by molar-refractivity contribution is 5.84. The summed E-state index contributed by atoms with van der Waals surface area (Å²) in [6.45, 7) is 8.99. The van der Waals surface area contributed by atoms with E-state index in [9.17, 15) is 4.79 Å². The highest BCUT2D eigenvalue weighted by Crippen LogP contribution is 2.24. The van der Waals surface area contributed by atoms with Gasteiger partial charge in [-0.3, -0.25) is 9.89 Å². The summed E-state index contributed by atoms with van der Waals surface area (Å²) in [6, 6.07) is 5.92. The Hall–Kier alpha value is -2.37. The number of carbonyl (C=O) groups is 1. The number of hydrogen-bond donors (Lipinski definition) is 1. The van der Waals surface area contributed by atoms with Gasteiger partial charge >= 0.3 is 0 Å². The summed E-state index contributed by atoms with van der Waals surface area (Å²) in [5, 5.41) is 7.17. The van der Waals surface area contributed by atoms with Crippen LogP contribution in [0.25, 0.3) is 0 Å². The van der Waals surface area contributed by atoms with Gasteiger partial charge in [-0.2, -0.15) is 5.10 Å². The van der Waals surface area contributed by atoms with E-state index in [0.717, 1.165) is 48.9 Å². The van der Waals surface area contributed by atoms with Crippen LogP contribution in [0, 0.1) is 13.8 Å². The van der Waals surface area contributed by atoms with Crippen molar-refractivity contribution in [2.24, 2.45) is 0 Å². The van der Waals surface area contributed by atoms with E-state index in [4.69, 9.17) is 0 Å². The molecule has 1 N–H and O–H groups in total. The number of amides is 1. The number of rotatable bonds is 3. The number of piperazine rings is 1. The average molecular weight is 313 g/mol. The molecule has 2 aromatic heterocycles. The number of H-pyrrole nitrogens is 1. The third kappa shape index (κ3) is 3.06. The number of aromatic nitrogens is 3. The van der Waals surface area contributed by atoms with E-state index in [-0.39, 0.29) is 11.8 Å². The van der Waals surface area contributed by atoms with E-state index in [1.165, 1.54) is 0 Å². The number of nitrogens with zero attached hydrogens (tertiary/aromatic N) is 4. The first-order valence-electron chi connectivity index (χ1n) is 8.04. The molecule has 1 fully saturated rings. The minimum Gasteiger partial charge on any atom is -0.353 e. The second-order valence-corrected chi connectivity index (χ2v) is 6.07. The van der Waals surface area contributed by atoms with Crippen LogP contribution in [0.1, 0.15) is 29.8 Å². The number of hydrogen-bond acceptors (Lipinski definition) is 4. The molecule has 0 spiro atoms. The van der Waals surface area contributed by atoms with Crippen LogP contribution in [-0.2, 0) is 4.79 Å². The van der Waals surface area contributed by atoms with Gasteiger partial charge in [-0.05, 0) is 32.9 Å². The van der Waals surface area contributed by atoms with Crippen LogP contribution >= 0.6 is 0 Å². The highest BCUT2D eigenvalue weighted by Gasteiger charge is 2.28. The summed E-state index contributed by atoms with van der Waals surface area (Å²) < 4.78 is 0. The smallest absolute Gasteiger partial charge is 0.230 e. The Morgan fingerprint density at radius 3 is 2.52 bits per heavy atom. The van der Waals surface area contributed by atoms with Gasteiger partial charge in [-0.15, -0.1) is 0 Å². The Labute approximate surface area is 136 Å². The summed E-state index contributed by atoms with van der Waals surface area (Å²) in [5.41, 5.74) is 2.92. The predicted octanol–water partition coefficient (Wildman–Crippen LogP) is 1.87. The second-order valence-electron chi connectivity index (χ2n) is 6.07. The van der Waals surface area contributed by atoms with E-state index < -0.39 is 0 Å². The second kappa shape index (κ2) is 6.40. The van der Waals surface area contributed by atoms with Crippen LogP contribution in [0.4, 0.5) is 5.82 Å². The zero-order chi connectivity index (χ0) is 16.4. The van der Waals surface area contributed by atoms with Gasteiger partial charge in [-0.25, -0.2) is 4.98 Å². The number of anilines is 1. The molecule has 3 heterocycles. The number of aryl methyl sites for hydroxylation is 2. The fourth-order valence-corrected chi connectivity index (χ4v) is 3.29. The first-order chi connectivity index (χ1) is 11.1. The van der Waals surface area contributed by atoms with Crippen LogP contribution in [0.2, 0.25) is 0 Å². The molecule has 0 aliphatic carbocycles. The fraction of sp³-hybridized carbons (Fsp3) is 0.471. The maximum Gasteiger partial charge on any atom is 0.230 e. The minimum absolute atomic E-state index is 0.157. The summed E-state index contributed by atoms with van der Waals surface area (Å²) in [7, 11) is 0. The third-order valence-corrected chi connectivity index (χ3v) is 4.55. The zero-order valence-corrected chi connectivity index (χ0v) is 13.9. The predicted molar refractivity (Wildman–Crippen MR) is 89.5 cm³/mol. The van der Waals surface area contributed by atoms with Crippen LogP contribution in [0.5, 0.6) is 0 Å². The molecule has 1 unspecified atom stereocenters. The molecule has 1 aliphatic heterocycles. The molecule has 0 radical (unpaired) electrons. The van der Waals surface area contributed by atoms with Crippen molar-refractivity contribution in [2.75, 3.05) is 31.1 Å². The van der Waals surface area contributed by atoms with Crippen LogP contribution in [0.15, 0.2) is 24.4 Å². The molecule has 1 aliphatic rings. The summed E-state index contributed by atoms with van der Waals surface area (Å²) >= 11 is 0. The van der Waals surface area contributed by atoms with Crippen LogP contribution < -0.4 is 4.90 Å². The highest BCUT2D eigenvalue weighted by atomic mass is 16.2. The minimum atomic E-state index is -0.157. The Kier molecular flexibility index (Phi) is 4.32. The van der Waals surface area contributed by atoms with Crippen molar-refractivity contribution >= 4 is 11.7 Å². The molecule has 2 aromatic rings. The molecule has 0 aromatic carbocycles. The number of aromatic amines is 1. The van der Waals surface area contributed by atoms with Crippen molar-refractivity contribution in [3.05, 3.63) is 41.3 Å². The van der Waals surface area contributed by atoms with Crippen molar-refractivity contribution in [1.82, 2.24) is 20.1 Å². The molecule has 6 heteroatoms. The van der Waals surface area contributed by atoms with Crippen molar-refractivity contribution in [1.29, 1.82) is 0 Å². The quantitative estimate of drug-likeness (QED) is 0.939. The summed E-state index contributed by atoms with van der Waals surface area (Å²) in [5.74, 6) is 1.00. The number of nitrogens with one attached hydrogen (secondary N) is 1. The first-order valence-corrected chi connectivity index (χ1v) is 8.04. The largest absolute Gasteiger partial charge is 0.353 e. The lowest BCUT2D eigenvalue weighted by Crippen LogP contribution is -2.50. The number of carbonyl (C=O) groups excluding carboxylic acids is 1. The molecular weight excluding hydrogens is 290 g/mol. The lowest BCUT2D eigenvalue weighted by molar-refractivity contribution is -0.132. The fourth-order valence-electron chi connectivity index (χ4n) is 3.29. The van der Waals surface area contributed by atoms with Crippen LogP contribution in [0.3, 0.4) is 0 Å². The SMILES string of the molecule is Cc1n[nH]c(C)c1C(C)C(=O)N1CCN(c2ccccn2)CC1. The molecule has 122 valence electrons. The van der Waals surface area contributed by atoms with Gasteiger partial charge in [0.05, 0.1) is 11.6 Å². The molecule has 1 atom stereocenters. The van der Waals surface area contributed by atoms with E-state index in [0.29, 0.717) is 0 Å². The Morgan fingerprint density at radius 2 is 1.96 bits per heavy atom. The van der Waals surface area contributed by atoms with Gasteiger partial charge in [0, 0.05) is 43.6 Å². The molecule has 23 heavy (non-hydrogen) atoms. The van der Waals surface area contributed by atoms with E-state index in [1.807, 2.05) is 43.9 Å². The molecule has 0 bridgehead atoms. The van der Waals surface area contributed by atoms with E-state index in [1.54, 1.807) is 6.20 Å². The zero-order valence-electron chi connectivity index (χ0n) is 13.9. The van der Waals surface area contributed by atoms with Crippen molar-refractivity contribution in [2.45, 2.75) is 26.7 Å². The lowest BCUT2D eigenvalue weighted by Gasteiger charge is -2.36. The van der Waals surface area contributed by atoms with Crippen LogP contribution in [-0.4, -0.2) is 52.2 Å². The third-order valence-electron chi connectivity index (χ3n) is 4.55. The standard InChI is InChI=1S/C17H23N5O/c1-12(16-13(2)19-20-14(16)3)17(23)22-10-8-21(9-11-22)15-6-4-5-7-18-15/h4-7,12H,8-11H2,1-3H3,(H,19,20). The Balaban J connectivity index is 1.64. The first kappa shape index (κ1) is 15.5. The van der Waals surface area contributed by atoms with Gasteiger partial charge in [-0.1, -0.05) is 6.07 Å².